The largest absolute Gasteiger partial charge is 0.324 e. The molecule has 0 saturated heterocycles. The van der Waals surface area contributed by atoms with E-state index in [2.05, 4.69) is 5.32 Å². The number of nitrogens with zero attached hydrogens (tertiary/aromatic N) is 2. The van der Waals surface area contributed by atoms with Crippen LogP contribution in [-0.2, 0) is 14.8 Å². The summed E-state index contributed by atoms with van der Waals surface area (Å²) in [4.78, 5) is 23.1. The van der Waals surface area contributed by atoms with Crippen LogP contribution in [0.1, 0.15) is 13.3 Å². The van der Waals surface area contributed by atoms with Gasteiger partial charge >= 0.3 is 0 Å². The topological polar surface area (TPSA) is 110 Å². The Labute approximate surface area is 172 Å². The van der Waals surface area contributed by atoms with Crippen LogP contribution in [0.2, 0.25) is 10.0 Å². The Bertz CT molecular complexity index is 1010. The highest BCUT2D eigenvalue weighted by atomic mass is 35.5. The smallest absolute Gasteiger partial charge is 0.271 e. The van der Waals surface area contributed by atoms with Gasteiger partial charge in [-0.3, -0.25) is 19.2 Å². The van der Waals surface area contributed by atoms with Gasteiger partial charge in [-0.05, 0) is 30.7 Å². The Morgan fingerprint density at radius 3 is 2.43 bits per heavy atom. The SMILES string of the molecule is CC[C@H](C(=O)Nc1cccc([N+](=O)[O-])c1)N(c1ccc(Cl)c(Cl)c1)S(C)(=O)=O. The number of sulfonamides is 1. The highest BCUT2D eigenvalue weighted by molar-refractivity contribution is 7.92. The van der Waals surface area contributed by atoms with Gasteiger partial charge < -0.3 is 5.32 Å². The van der Waals surface area contributed by atoms with Gasteiger partial charge in [0.25, 0.3) is 5.69 Å². The number of nitrogens with one attached hydrogen (secondary N) is 1. The highest BCUT2D eigenvalue weighted by Crippen LogP contribution is 2.30. The molecule has 11 heteroatoms. The van der Waals surface area contributed by atoms with Crippen molar-refractivity contribution in [2.45, 2.75) is 19.4 Å². The minimum absolute atomic E-state index is 0.141. The summed E-state index contributed by atoms with van der Waals surface area (Å²) in [6.07, 6.45) is 1.12. The molecule has 1 amide bonds. The van der Waals surface area contributed by atoms with Crippen LogP contribution in [0.25, 0.3) is 0 Å². The van der Waals surface area contributed by atoms with Crippen molar-refractivity contribution in [1.82, 2.24) is 0 Å². The standard InChI is InChI=1S/C17H17Cl2N3O5S/c1-3-16(17(23)20-11-5-4-6-13(9-11)22(24)25)21(28(2,26)27)12-7-8-14(18)15(19)10-12/h4-10,16H,3H2,1-2H3,(H,20,23)/t16-/m1/s1. The second kappa shape index (κ2) is 8.76. The Morgan fingerprint density at radius 1 is 1.21 bits per heavy atom. The van der Waals surface area contributed by atoms with Crippen LogP contribution in [0, 0.1) is 10.1 Å². The van der Waals surface area contributed by atoms with Crippen LogP contribution in [0.4, 0.5) is 17.1 Å². The number of amides is 1. The van der Waals surface area contributed by atoms with Crippen molar-refractivity contribution in [1.29, 1.82) is 0 Å². The third-order valence-corrected chi connectivity index (χ3v) is 5.73. The number of carbonyl (C=O) groups is 1. The highest BCUT2D eigenvalue weighted by Gasteiger charge is 2.32. The number of nitro groups is 1. The first kappa shape index (κ1) is 21.9. The molecule has 0 fully saturated rings. The van der Waals surface area contributed by atoms with Crippen LogP contribution >= 0.6 is 23.2 Å². The van der Waals surface area contributed by atoms with E-state index in [1.54, 1.807) is 6.92 Å². The molecule has 0 spiro atoms. The number of halogens is 2. The molecular weight excluding hydrogens is 429 g/mol. The number of nitro benzene ring substituents is 1. The molecule has 0 aliphatic heterocycles. The molecule has 0 bridgehead atoms. The lowest BCUT2D eigenvalue weighted by atomic mass is 10.1. The Morgan fingerprint density at radius 2 is 1.89 bits per heavy atom. The van der Waals surface area contributed by atoms with Crippen LogP contribution in [0.15, 0.2) is 42.5 Å². The Hall–Kier alpha value is -2.36. The van der Waals surface area contributed by atoms with E-state index in [0.717, 1.165) is 10.6 Å². The van der Waals surface area contributed by atoms with Gasteiger partial charge in [0.1, 0.15) is 6.04 Å². The van der Waals surface area contributed by atoms with Gasteiger partial charge in [0.05, 0.1) is 26.9 Å². The number of carbonyl (C=O) groups excluding carboxylic acids is 1. The second-order valence-corrected chi connectivity index (χ2v) is 8.55. The maximum Gasteiger partial charge on any atom is 0.271 e. The fourth-order valence-corrected chi connectivity index (χ4v) is 4.10. The minimum Gasteiger partial charge on any atom is -0.324 e. The molecule has 0 aromatic heterocycles. The van der Waals surface area contributed by atoms with E-state index in [1.165, 1.54) is 42.5 Å². The number of rotatable bonds is 7. The van der Waals surface area contributed by atoms with Gasteiger partial charge in [0.2, 0.25) is 15.9 Å². The quantitative estimate of drug-likeness (QED) is 0.509. The first-order chi connectivity index (χ1) is 13.0. The number of non-ortho nitro benzene ring substituents is 1. The summed E-state index contributed by atoms with van der Waals surface area (Å²) in [5.74, 6) is -0.639. The summed E-state index contributed by atoms with van der Waals surface area (Å²) in [6, 6.07) is 8.49. The van der Waals surface area contributed by atoms with Crippen LogP contribution in [0.3, 0.4) is 0 Å². The Kier molecular flexibility index (Phi) is 6.87. The maximum absolute atomic E-state index is 12.8. The lowest BCUT2D eigenvalue weighted by molar-refractivity contribution is -0.384. The molecule has 150 valence electrons. The molecule has 28 heavy (non-hydrogen) atoms. The van der Waals surface area contributed by atoms with Crippen molar-refractivity contribution in [2.75, 3.05) is 15.9 Å². The van der Waals surface area contributed by atoms with E-state index in [4.69, 9.17) is 23.2 Å². The number of hydrogen-bond acceptors (Lipinski definition) is 5. The lowest BCUT2D eigenvalue weighted by Crippen LogP contribution is -2.47. The number of benzene rings is 2. The predicted molar refractivity (Wildman–Crippen MR) is 110 cm³/mol. The van der Waals surface area contributed by atoms with Crippen LogP contribution < -0.4 is 9.62 Å². The molecule has 0 saturated carbocycles. The average molecular weight is 446 g/mol. The summed E-state index contributed by atoms with van der Waals surface area (Å²) < 4.78 is 25.8. The van der Waals surface area contributed by atoms with Gasteiger partial charge in [-0.1, -0.05) is 36.2 Å². The predicted octanol–water partition coefficient (Wildman–Crippen LogP) is 4.08. The van der Waals surface area contributed by atoms with Crippen molar-refractivity contribution in [3.8, 4) is 0 Å². The molecule has 0 unspecified atom stereocenters. The Balaban J connectivity index is 2.40. The zero-order valence-corrected chi connectivity index (χ0v) is 17.3. The van der Waals surface area contributed by atoms with Gasteiger partial charge in [-0.25, -0.2) is 8.42 Å². The maximum atomic E-state index is 12.8. The first-order valence-electron chi connectivity index (χ1n) is 8.04. The lowest BCUT2D eigenvalue weighted by Gasteiger charge is -2.30. The normalized spacial score (nSPS) is 12.3. The van der Waals surface area contributed by atoms with E-state index in [-0.39, 0.29) is 33.5 Å². The first-order valence-corrected chi connectivity index (χ1v) is 10.6. The zero-order chi connectivity index (χ0) is 21.1. The van der Waals surface area contributed by atoms with Crippen LogP contribution in [0.5, 0.6) is 0 Å². The van der Waals surface area contributed by atoms with E-state index >= 15 is 0 Å². The second-order valence-electron chi connectivity index (χ2n) is 5.88. The number of anilines is 2. The van der Waals surface area contributed by atoms with Crippen molar-refractivity contribution in [3.63, 3.8) is 0 Å². The zero-order valence-electron chi connectivity index (χ0n) is 14.9. The summed E-state index contributed by atoms with van der Waals surface area (Å²) in [5, 5.41) is 13.8. The van der Waals surface area contributed by atoms with Crippen LogP contribution in [-0.4, -0.2) is 31.5 Å². The van der Waals surface area contributed by atoms with Gasteiger partial charge in [-0.15, -0.1) is 0 Å². The molecular formula is C17H17Cl2N3O5S. The van der Waals surface area contributed by atoms with Gasteiger partial charge in [0.15, 0.2) is 0 Å². The molecule has 2 rings (SSSR count). The average Bonchev–Trinajstić information content (AvgIpc) is 2.61. The van der Waals surface area contributed by atoms with Crippen molar-refractivity contribution in [3.05, 3.63) is 62.6 Å². The molecule has 1 N–H and O–H groups in total. The van der Waals surface area contributed by atoms with E-state index < -0.39 is 26.9 Å². The summed E-state index contributed by atoms with van der Waals surface area (Å²) in [5.41, 5.74) is 0.161. The molecule has 8 nitrogen and oxygen atoms in total. The monoisotopic (exact) mass is 445 g/mol. The van der Waals surface area contributed by atoms with Crippen molar-refractivity contribution < 1.29 is 18.1 Å². The summed E-state index contributed by atoms with van der Waals surface area (Å²) in [7, 11) is -3.86. The third kappa shape index (κ3) is 5.12. The van der Waals surface area contributed by atoms with E-state index in [0.29, 0.717) is 0 Å². The molecule has 0 radical (unpaired) electrons. The molecule has 2 aromatic rings. The number of hydrogen-bond donors (Lipinski definition) is 1. The van der Waals surface area contributed by atoms with Gasteiger partial charge in [0, 0.05) is 17.8 Å². The molecule has 0 aliphatic carbocycles. The summed E-state index contributed by atoms with van der Waals surface area (Å²) in [6.45, 7) is 1.65. The van der Waals surface area contributed by atoms with E-state index in [1.807, 2.05) is 0 Å². The third-order valence-electron chi connectivity index (χ3n) is 3.81. The van der Waals surface area contributed by atoms with Gasteiger partial charge in [-0.2, -0.15) is 0 Å². The summed E-state index contributed by atoms with van der Waals surface area (Å²) >= 11 is 11.9. The molecule has 2 aromatic carbocycles. The fraction of sp³-hybridized carbons (Fsp3) is 0.235. The van der Waals surface area contributed by atoms with Crippen molar-refractivity contribution >= 4 is 56.2 Å². The molecule has 0 heterocycles. The van der Waals surface area contributed by atoms with Crippen molar-refractivity contribution in [2.24, 2.45) is 0 Å². The van der Waals surface area contributed by atoms with E-state index in [9.17, 15) is 23.3 Å². The molecule has 1 atom stereocenters. The fourth-order valence-electron chi connectivity index (χ4n) is 2.61. The molecule has 0 aliphatic rings. The minimum atomic E-state index is -3.86.